The van der Waals surface area contributed by atoms with Crippen molar-refractivity contribution in [3.63, 3.8) is 0 Å². The average Bonchev–Trinajstić information content (AvgIpc) is 2.75. The van der Waals surface area contributed by atoms with Gasteiger partial charge in [0, 0.05) is 13.7 Å². The summed E-state index contributed by atoms with van der Waals surface area (Å²) >= 11 is 0. The summed E-state index contributed by atoms with van der Waals surface area (Å²) in [6, 6.07) is 12.0. The van der Waals surface area contributed by atoms with Gasteiger partial charge in [-0.05, 0) is 17.7 Å². The number of aromatic amines is 1. The number of carbonyl (C=O) groups is 1. The number of nitrogen functional groups attached to an aromatic ring is 1. The van der Waals surface area contributed by atoms with Gasteiger partial charge in [-0.25, -0.2) is 13.6 Å². The first-order chi connectivity index (χ1) is 14.8. The Bertz CT molecular complexity index is 1210. The highest BCUT2D eigenvalue weighted by Gasteiger charge is 2.27. The summed E-state index contributed by atoms with van der Waals surface area (Å²) in [5.41, 5.74) is 4.20. The Morgan fingerprint density at radius 2 is 1.84 bits per heavy atom. The molecule has 8 nitrogen and oxygen atoms in total. The fraction of sp³-hybridized carbons (Fsp3) is 0.190. The first-order valence-corrected chi connectivity index (χ1v) is 9.26. The predicted octanol–water partition coefficient (Wildman–Crippen LogP) is 1.74. The lowest BCUT2D eigenvalue weighted by molar-refractivity contribution is 0.0970. The van der Waals surface area contributed by atoms with Crippen LogP contribution in [-0.4, -0.2) is 35.7 Å². The SMILES string of the molecule is COCCN(C(=O)c1cccc(F)c1F)c1c(N)n(Cc2ccccc2)c(=O)[nH]c1=O. The summed E-state index contributed by atoms with van der Waals surface area (Å²) < 4.78 is 34.0. The molecule has 0 aliphatic carbocycles. The lowest BCUT2D eigenvalue weighted by Crippen LogP contribution is -2.43. The van der Waals surface area contributed by atoms with Gasteiger partial charge in [-0.2, -0.15) is 0 Å². The number of benzene rings is 2. The maximum absolute atomic E-state index is 14.3. The Labute approximate surface area is 175 Å². The zero-order valence-electron chi connectivity index (χ0n) is 16.6. The van der Waals surface area contributed by atoms with Crippen molar-refractivity contribution in [3.8, 4) is 0 Å². The van der Waals surface area contributed by atoms with E-state index in [4.69, 9.17) is 10.5 Å². The van der Waals surface area contributed by atoms with Crippen LogP contribution in [-0.2, 0) is 11.3 Å². The van der Waals surface area contributed by atoms with Gasteiger partial charge in [0.1, 0.15) is 5.82 Å². The molecule has 162 valence electrons. The minimum absolute atomic E-state index is 0.0237. The van der Waals surface area contributed by atoms with Crippen molar-refractivity contribution in [1.82, 2.24) is 9.55 Å². The van der Waals surface area contributed by atoms with Crippen molar-refractivity contribution in [2.45, 2.75) is 6.54 Å². The first kappa shape index (κ1) is 21.9. The monoisotopic (exact) mass is 430 g/mol. The summed E-state index contributed by atoms with van der Waals surface area (Å²) in [5, 5.41) is 0. The average molecular weight is 430 g/mol. The standard InChI is InChI=1S/C21H20F2N4O4/c1-31-11-10-26(20(29)14-8-5-9-15(22)16(14)23)17-18(24)27(21(30)25-19(17)28)12-13-6-3-2-4-7-13/h2-9H,10-12,24H2,1H3,(H,25,28,30). The molecule has 10 heteroatoms. The molecule has 3 aromatic rings. The molecule has 0 unspecified atom stereocenters. The Morgan fingerprint density at radius 3 is 2.52 bits per heavy atom. The van der Waals surface area contributed by atoms with E-state index >= 15 is 0 Å². The van der Waals surface area contributed by atoms with Crippen LogP contribution < -0.4 is 21.9 Å². The number of halogens is 2. The number of methoxy groups -OCH3 is 1. The summed E-state index contributed by atoms with van der Waals surface area (Å²) in [5.74, 6) is -3.87. The molecule has 0 spiro atoms. The van der Waals surface area contributed by atoms with E-state index in [0.717, 1.165) is 27.2 Å². The third-order valence-corrected chi connectivity index (χ3v) is 4.61. The number of hydrogen-bond donors (Lipinski definition) is 2. The maximum atomic E-state index is 14.3. The molecule has 2 aromatic carbocycles. The Morgan fingerprint density at radius 1 is 1.13 bits per heavy atom. The van der Waals surface area contributed by atoms with E-state index in [1.54, 1.807) is 30.3 Å². The fourth-order valence-electron chi connectivity index (χ4n) is 3.07. The topological polar surface area (TPSA) is 110 Å². The molecule has 31 heavy (non-hydrogen) atoms. The third kappa shape index (κ3) is 4.53. The molecule has 0 aliphatic rings. The van der Waals surface area contributed by atoms with E-state index < -0.39 is 34.4 Å². The van der Waals surface area contributed by atoms with Gasteiger partial charge in [0.15, 0.2) is 17.3 Å². The quantitative estimate of drug-likeness (QED) is 0.593. The number of nitrogens with zero attached hydrogens (tertiary/aromatic N) is 2. The van der Waals surface area contributed by atoms with Gasteiger partial charge in [-0.15, -0.1) is 0 Å². The first-order valence-electron chi connectivity index (χ1n) is 9.26. The molecule has 0 atom stereocenters. The molecule has 0 radical (unpaired) electrons. The van der Waals surface area contributed by atoms with Gasteiger partial charge < -0.3 is 10.5 Å². The molecule has 0 aliphatic heterocycles. The van der Waals surface area contributed by atoms with E-state index in [9.17, 15) is 23.2 Å². The smallest absolute Gasteiger partial charge is 0.330 e. The maximum Gasteiger partial charge on any atom is 0.330 e. The largest absolute Gasteiger partial charge is 0.383 e. The van der Waals surface area contributed by atoms with Crippen LogP contribution in [0.1, 0.15) is 15.9 Å². The second kappa shape index (κ2) is 9.35. The number of H-pyrrole nitrogens is 1. The van der Waals surface area contributed by atoms with Crippen LogP contribution in [0.3, 0.4) is 0 Å². The molecule has 1 heterocycles. The van der Waals surface area contributed by atoms with Gasteiger partial charge in [0.2, 0.25) is 0 Å². The molecule has 3 rings (SSSR count). The van der Waals surface area contributed by atoms with Crippen molar-refractivity contribution in [1.29, 1.82) is 0 Å². The van der Waals surface area contributed by atoms with E-state index in [2.05, 4.69) is 4.98 Å². The molecule has 1 amide bonds. The van der Waals surface area contributed by atoms with E-state index in [0.29, 0.717) is 0 Å². The Kier molecular flexibility index (Phi) is 6.61. The third-order valence-electron chi connectivity index (χ3n) is 4.61. The van der Waals surface area contributed by atoms with Gasteiger partial charge in [-0.1, -0.05) is 36.4 Å². The number of nitrogens with two attached hydrogens (primary N) is 1. The number of nitrogens with one attached hydrogen (secondary N) is 1. The summed E-state index contributed by atoms with van der Waals surface area (Å²) in [4.78, 5) is 41.0. The van der Waals surface area contributed by atoms with E-state index in [-0.39, 0.29) is 31.2 Å². The molecular weight excluding hydrogens is 410 g/mol. The highest BCUT2D eigenvalue weighted by atomic mass is 19.2. The van der Waals surface area contributed by atoms with Crippen LogP contribution in [0.15, 0.2) is 58.1 Å². The molecular formula is C21H20F2N4O4. The number of amides is 1. The van der Waals surface area contributed by atoms with Crippen LogP contribution in [0, 0.1) is 11.6 Å². The van der Waals surface area contributed by atoms with Crippen molar-refractivity contribution in [2.24, 2.45) is 0 Å². The van der Waals surface area contributed by atoms with Gasteiger partial charge >= 0.3 is 5.69 Å². The molecule has 1 aromatic heterocycles. The molecule has 0 bridgehead atoms. The highest BCUT2D eigenvalue weighted by molar-refractivity contribution is 6.07. The number of anilines is 2. The molecule has 3 N–H and O–H groups in total. The summed E-state index contributed by atoms with van der Waals surface area (Å²) in [6.45, 7) is -0.197. The number of ether oxygens (including phenoxy) is 1. The number of carbonyl (C=O) groups excluding carboxylic acids is 1. The van der Waals surface area contributed by atoms with Crippen molar-refractivity contribution < 1.29 is 18.3 Å². The molecule has 0 fully saturated rings. The number of hydrogen-bond acceptors (Lipinski definition) is 5. The van der Waals surface area contributed by atoms with Crippen LogP contribution in [0.4, 0.5) is 20.3 Å². The van der Waals surface area contributed by atoms with E-state index in [1.165, 1.54) is 13.2 Å². The second-order valence-electron chi connectivity index (χ2n) is 6.62. The number of aromatic nitrogens is 2. The molecule has 0 saturated carbocycles. The zero-order chi connectivity index (χ0) is 22.5. The van der Waals surface area contributed by atoms with Gasteiger partial charge in [0.05, 0.1) is 18.7 Å². The van der Waals surface area contributed by atoms with Crippen LogP contribution in [0.2, 0.25) is 0 Å². The van der Waals surface area contributed by atoms with Crippen molar-refractivity contribution in [2.75, 3.05) is 30.9 Å². The van der Waals surface area contributed by atoms with Crippen molar-refractivity contribution >= 4 is 17.4 Å². The predicted molar refractivity (Wildman–Crippen MR) is 111 cm³/mol. The Balaban J connectivity index is 2.14. The summed E-state index contributed by atoms with van der Waals surface area (Å²) in [6.07, 6.45) is 0. The second-order valence-corrected chi connectivity index (χ2v) is 6.62. The highest BCUT2D eigenvalue weighted by Crippen LogP contribution is 2.22. The normalized spacial score (nSPS) is 10.8. The lowest BCUT2D eigenvalue weighted by Gasteiger charge is -2.24. The van der Waals surface area contributed by atoms with Crippen LogP contribution in [0.5, 0.6) is 0 Å². The number of rotatable bonds is 7. The fourth-order valence-corrected chi connectivity index (χ4v) is 3.07. The zero-order valence-corrected chi connectivity index (χ0v) is 16.6. The van der Waals surface area contributed by atoms with Gasteiger partial charge in [0.25, 0.3) is 11.5 Å². The lowest BCUT2D eigenvalue weighted by atomic mass is 10.1. The minimum atomic E-state index is -1.36. The minimum Gasteiger partial charge on any atom is -0.383 e. The Hall–Kier alpha value is -3.79. The van der Waals surface area contributed by atoms with Crippen molar-refractivity contribution in [3.05, 3.63) is 92.1 Å². The van der Waals surface area contributed by atoms with Crippen LogP contribution >= 0.6 is 0 Å². The van der Waals surface area contributed by atoms with Crippen LogP contribution in [0.25, 0.3) is 0 Å². The van der Waals surface area contributed by atoms with Gasteiger partial charge in [-0.3, -0.25) is 24.0 Å². The molecule has 0 saturated heterocycles. The summed E-state index contributed by atoms with van der Waals surface area (Å²) in [7, 11) is 1.37. The van der Waals surface area contributed by atoms with E-state index in [1.807, 2.05) is 0 Å².